The maximum atomic E-state index is 12.5. The molecule has 2 aromatic carbocycles. The Morgan fingerprint density at radius 3 is 1.71 bits per heavy atom. The lowest BCUT2D eigenvalue weighted by atomic mass is 9.85. The third kappa shape index (κ3) is 2.75. The molecule has 0 saturated heterocycles. The SMILES string of the molecule is NC(=O)C(O)(c1ccccc1)c1ccc(C(F)(F)F)cc1. The van der Waals surface area contributed by atoms with Crippen molar-refractivity contribution in [2.75, 3.05) is 0 Å². The van der Waals surface area contributed by atoms with Crippen LogP contribution in [0.15, 0.2) is 54.6 Å². The highest BCUT2D eigenvalue weighted by atomic mass is 19.4. The monoisotopic (exact) mass is 295 g/mol. The van der Waals surface area contributed by atoms with E-state index in [0.717, 1.165) is 24.3 Å². The number of carbonyl (C=O) groups excluding carboxylic acids is 1. The number of primary amides is 1. The first-order valence-corrected chi connectivity index (χ1v) is 6.02. The third-order valence-electron chi connectivity index (χ3n) is 3.18. The van der Waals surface area contributed by atoms with Crippen molar-refractivity contribution in [1.82, 2.24) is 0 Å². The number of hydrogen-bond acceptors (Lipinski definition) is 2. The third-order valence-corrected chi connectivity index (χ3v) is 3.18. The zero-order chi connectivity index (χ0) is 15.7. The fraction of sp³-hybridized carbons (Fsp3) is 0.133. The van der Waals surface area contributed by atoms with Gasteiger partial charge in [-0.3, -0.25) is 4.79 Å². The minimum absolute atomic E-state index is 0.0193. The van der Waals surface area contributed by atoms with Gasteiger partial charge >= 0.3 is 6.18 Å². The van der Waals surface area contributed by atoms with Crippen LogP contribution in [0.5, 0.6) is 0 Å². The average Bonchev–Trinajstić information content (AvgIpc) is 2.46. The van der Waals surface area contributed by atoms with Crippen molar-refractivity contribution >= 4 is 5.91 Å². The molecule has 1 atom stereocenters. The Bertz CT molecular complexity index is 638. The second kappa shape index (κ2) is 5.21. The number of hydrogen-bond donors (Lipinski definition) is 2. The van der Waals surface area contributed by atoms with Crippen LogP contribution in [0.1, 0.15) is 16.7 Å². The molecule has 1 amide bonds. The fourth-order valence-electron chi connectivity index (χ4n) is 2.03. The molecule has 0 spiro atoms. The summed E-state index contributed by atoms with van der Waals surface area (Å²) in [5.74, 6) is -1.06. The molecule has 0 saturated carbocycles. The molecule has 0 heterocycles. The van der Waals surface area contributed by atoms with Gasteiger partial charge in [0.05, 0.1) is 5.56 Å². The Morgan fingerprint density at radius 1 is 0.857 bits per heavy atom. The van der Waals surface area contributed by atoms with Crippen molar-refractivity contribution < 1.29 is 23.1 Å². The largest absolute Gasteiger partial charge is 0.416 e. The zero-order valence-electron chi connectivity index (χ0n) is 10.8. The molecule has 0 fully saturated rings. The number of nitrogens with two attached hydrogens (primary N) is 1. The first-order valence-electron chi connectivity index (χ1n) is 6.02. The number of halogens is 3. The first-order chi connectivity index (χ1) is 9.76. The van der Waals surface area contributed by atoms with Gasteiger partial charge in [-0.05, 0) is 23.3 Å². The molecule has 2 aromatic rings. The summed E-state index contributed by atoms with van der Waals surface area (Å²) in [5.41, 5.74) is 2.38. The average molecular weight is 295 g/mol. The second-order valence-electron chi connectivity index (χ2n) is 4.52. The van der Waals surface area contributed by atoms with Crippen LogP contribution >= 0.6 is 0 Å². The summed E-state index contributed by atoms with van der Waals surface area (Å²) in [6, 6.07) is 11.5. The van der Waals surface area contributed by atoms with Crippen LogP contribution in [0, 0.1) is 0 Å². The number of aliphatic hydroxyl groups is 1. The normalized spacial score (nSPS) is 14.5. The van der Waals surface area contributed by atoms with Crippen LogP contribution in [-0.4, -0.2) is 11.0 Å². The summed E-state index contributed by atoms with van der Waals surface area (Å²) in [6.07, 6.45) is -4.49. The smallest absolute Gasteiger partial charge is 0.372 e. The van der Waals surface area contributed by atoms with E-state index in [2.05, 4.69) is 0 Å². The number of amides is 1. The van der Waals surface area contributed by atoms with Crippen molar-refractivity contribution in [2.45, 2.75) is 11.8 Å². The molecule has 2 rings (SSSR count). The van der Waals surface area contributed by atoms with Gasteiger partial charge in [-0.15, -0.1) is 0 Å². The van der Waals surface area contributed by atoms with E-state index in [1.807, 2.05) is 0 Å². The van der Waals surface area contributed by atoms with Gasteiger partial charge in [-0.25, -0.2) is 0 Å². The molecule has 1 unspecified atom stereocenters. The number of carbonyl (C=O) groups is 1. The predicted octanol–water partition coefficient (Wildman–Crippen LogP) is 2.43. The zero-order valence-corrected chi connectivity index (χ0v) is 10.8. The highest BCUT2D eigenvalue weighted by Gasteiger charge is 2.39. The topological polar surface area (TPSA) is 63.3 Å². The lowest BCUT2D eigenvalue weighted by Crippen LogP contribution is -2.42. The van der Waals surface area contributed by atoms with Gasteiger partial charge in [0.15, 0.2) is 5.60 Å². The van der Waals surface area contributed by atoms with Crippen LogP contribution in [0.3, 0.4) is 0 Å². The highest BCUT2D eigenvalue weighted by molar-refractivity contribution is 5.88. The molecule has 0 radical (unpaired) electrons. The Morgan fingerprint density at radius 2 is 1.29 bits per heavy atom. The lowest BCUT2D eigenvalue weighted by Gasteiger charge is -2.26. The maximum absolute atomic E-state index is 12.5. The van der Waals surface area contributed by atoms with E-state index >= 15 is 0 Å². The lowest BCUT2D eigenvalue weighted by molar-refractivity contribution is -0.137. The summed E-state index contributed by atoms with van der Waals surface area (Å²) in [4.78, 5) is 11.7. The first kappa shape index (κ1) is 15.1. The van der Waals surface area contributed by atoms with Gasteiger partial charge in [-0.1, -0.05) is 42.5 Å². The van der Waals surface area contributed by atoms with Gasteiger partial charge in [-0.2, -0.15) is 13.2 Å². The van der Waals surface area contributed by atoms with Crippen molar-refractivity contribution in [3.8, 4) is 0 Å². The molecule has 110 valence electrons. The standard InChI is InChI=1S/C15H12F3NO2/c16-15(17,18)12-8-6-11(7-9-12)14(21,13(19)20)10-4-2-1-3-5-10/h1-9,21H,(H2,19,20). The minimum Gasteiger partial charge on any atom is -0.372 e. The van der Waals surface area contributed by atoms with Crippen LogP contribution in [0.2, 0.25) is 0 Å². The molecule has 0 aliphatic rings. The molecule has 0 aromatic heterocycles. The van der Waals surface area contributed by atoms with Crippen LogP contribution in [0.25, 0.3) is 0 Å². The van der Waals surface area contributed by atoms with Gasteiger partial charge in [0.25, 0.3) is 5.91 Å². The molecular formula is C15H12F3NO2. The van der Waals surface area contributed by atoms with E-state index in [1.54, 1.807) is 18.2 Å². The molecule has 3 nitrogen and oxygen atoms in total. The van der Waals surface area contributed by atoms with E-state index in [-0.39, 0.29) is 11.1 Å². The number of alkyl halides is 3. The maximum Gasteiger partial charge on any atom is 0.416 e. The highest BCUT2D eigenvalue weighted by Crippen LogP contribution is 2.33. The Hall–Kier alpha value is -2.34. The number of benzene rings is 2. The molecule has 0 bridgehead atoms. The van der Waals surface area contributed by atoms with Crippen molar-refractivity contribution in [1.29, 1.82) is 0 Å². The van der Waals surface area contributed by atoms with Crippen molar-refractivity contribution in [2.24, 2.45) is 5.73 Å². The van der Waals surface area contributed by atoms with Gasteiger partial charge in [0.1, 0.15) is 0 Å². The van der Waals surface area contributed by atoms with E-state index in [1.165, 1.54) is 12.1 Å². The van der Waals surface area contributed by atoms with E-state index in [0.29, 0.717) is 0 Å². The number of rotatable bonds is 3. The Labute approximate surface area is 118 Å². The molecule has 6 heteroatoms. The summed E-state index contributed by atoms with van der Waals surface area (Å²) in [7, 11) is 0. The van der Waals surface area contributed by atoms with Gasteiger partial charge in [0, 0.05) is 0 Å². The van der Waals surface area contributed by atoms with Crippen molar-refractivity contribution in [3.63, 3.8) is 0 Å². The van der Waals surface area contributed by atoms with Crippen LogP contribution in [0.4, 0.5) is 13.2 Å². The fourth-order valence-corrected chi connectivity index (χ4v) is 2.03. The Kier molecular flexibility index (Phi) is 3.74. The van der Waals surface area contributed by atoms with E-state index in [9.17, 15) is 23.1 Å². The van der Waals surface area contributed by atoms with E-state index < -0.39 is 23.2 Å². The summed E-state index contributed by atoms with van der Waals surface area (Å²) < 4.78 is 37.6. The van der Waals surface area contributed by atoms with Crippen molar-refractivity contribution in [3.05, 3.63) is 71.3 Å². The summed E-state index contributed by atoms with van der Waals surface area (Å²) in [6.45, 7) is 0. The summed E-state index contributed by atoms with van der Waals surface area (Å²) in [5, 5.41) is 10.6. The van der Waals surface area contributed by atoms with Gasteiger partial charge < -0.3 is 10.8 Å². The Balaban J connectivity index is 2.52. The summed E-state index contributed by atoms with van der Waals surface area (Å²) >= 11 is 0. The molecule has 0 aliphatic heterocycles. The van der Waals surface area contributed by atoms with E-state index in [4.69, 9.17) is 5.73 Å². The van der Waals surface area contributed by atoms with Crippen LogP contribution in [-0.2, 0) is 16.6 Å². The minimum atomic E-state index is -4.49. The predicted molar refractivity (Wildman–Crippen MR) is 70.1 cm³/mol. The molecule has 3 N–H and O–H groups in total. The molecule has 21 heavy (non-hydrogen) atoms. The van der Waals surface area contributed by atoms with Gasteiger partial charge in [0.2, 0.25) is 0 Å². The molecular weight excluding hydrogens is 283 g/mol. The molecule has 0 aliphatic carbocycles. The quantitative estimate of drug-likeness (QED) is 0.913. The second-order valence-corrected chi connectivity index (χ2v) is 4.52. The van der Waals surface area contributed by atoms with Crippen LogP contribution < -0.4 is 5.73 Å².